The largest absolute Gasteiger partial charge is 0.492 e. The highest BCUT2D eigenvalue weighted by Crippen LogP contribution is 2.33. The highest BCUT2D eigenvalue weighted by atomic mass is 32.2. The van der Waals surface area contributed by atoms with E-state index in [1.807, 2.05) is 52.0 Å². The topological polar surface area (TPSA) is 75.7 Å². The quantitative estimate of drug-likeness (QED) is 0.461. The van der Waals surface area contributed by atoms with Crippen LogP contribution in [0.15, 0.2) is 77.7 Å². The Morgan fingerprint density at radius 3 is 2.27 bits per heavy atom. The Balaban J connectivity index is 2.01. The number of carbonyl (C=O) groups is 1. The minimum Gasteiger partial charge on any atom is -0.492 e. The van der Waals surface area contributed by atoms with Crippen molar-refractivity contribution in [2.45, 2.75) is 38.5 Å². The Kier molecular flexibility index (Phi) is 7.76. The Bertz CT molecular complexity index is 1200. The summed E-state index contributed by atoms with van der Waals surface area (Å²) in [6, 6.07) is 20.9. The number of aryl methyl sites for hydroxylation is 1. The number of rotatable bonds is 9. The first-order valence-electron chi connectivity index (χ1n) is 10.9. The van der Waals surface area contributed by atoms with Gasteiger partial charge in [-0.1, -0.05) is 61.9 Å². The second-order valence-electron chi connectivity index (χ2n) is 8.02. The van der Waals surface area contributed by atoms with Gasteiger partial charge >= 0.3 is 0 Å². The zero-order chi connectivity index (χ0) is 24.0. The summed E-state index contributed by atoms with van der Waals surface area (Å²) in [5.41, 5.74) is 2.90. The molecule has 0 fully saturated rings. The van der Waals surface area contributed by atoms with E-state index in [0.29, 0.717) is 23.7 Å². The van der Waals surface area contributed by atoms with Crippen molar-refractivity contribution in [2.75, 3.05) is 22.8 Å². The number of nitrogens with one attached hydrogen (secondary N) is 1. The van der Waals surface area contributed by atoms with E-state index in [1.165, 1.54) is 0 Å². The van der Waals surface area contributed by atoms with Crippen LogP contribution in [-0.4, -0.2) is 27.5 Å². The molecule has 0 saturated heterocycles. The van der Waals surface area contributed by atoms with Gasteiger partial charge in [-0.05, 0) is 55.7 Å². The number of sulfonamides is 1. The van der Waals surface area contributed by atoms with Crippen LogP contribution in [0.25, 0.3) is 0 Å². The fourth-order valence-corrected chi connectivity index (χ4v) is 4.94. The lowest BCUT2D eigenvalue weighted by atomic mass is 10.0. The zero-order valence-electron chi connectivity index (χ0n) is 19.4. The van der Waals surface area contributed by atoms with E-state index in [-0.39, 0.29) is 10.8 Å². The van der Waals surface area contributed by atoms with Crippen LogP contribution in [0.3, 0.4) is 0 Å². The molecular weight excluding hydrogens is 436 g/mol. The van der Waals surface area contributed by atoms with E-state index in [9.17, 15) is 13.2 Å². The number of amides is 1. The summed E-state index contributed by atoms with van der Waals surface area (Å²) in [7, 11) is -4.03. The number of benzene rings is 3. The summed E-state index contributed by atoms with van der Waals surface area (Å²) >= 11 is 0. The van der Waals surface area contributed by atoms with Gasteiger partial charge in [0, 0.05) is 5.69 Å². The summed E-state index contributed by atoms with van der Waals surface area (Å²) in [4.78, 5) is 13.2. The summed E-state index contributed by atoms with van der Waals surface area (Å²) in [6.07, 6.45) is 0. The smallest absolute Gasteiger partial charge is 0.264 e. The number of hydrogen-bond donors (Lipinski definition) is 1. The maximum atomic E-state index is 13.7. The van der Waals surface area contributed by atoms with Gasteiger partial charge in [0.05, 0.1) is 17.2 Å². The molecule has 0 heterocycles. The van der Waals surface area contributed by atoms with Crippen LogP contribution in [0.4, 0.5) is 11.4 Å². The van der Waals surface area contributed by atoms with E-state index in [1.54, 1.807) is 48.5 Å². The van der Waals surface area contributed by atoms with Crippen molar-refractivity contribution < 1.29 is 17.9 Å². The molecule has 0 bridgehead atoms. The van der Waals surface area contributed by atoms with Crippen molar-refractivity contribution in [3.8, 4) is 5.75 Å². The minimum atomic E-state index is -4.03. The monoisotopic (exact) mass is 466 g/mol. The summed E-state index contributed by atoms with van der Waals surface area (Å²) in [6.45, 7) is 7.76. The third-order valence-corrected chi connectivity index (χ3v) is 6.96. The third-order valence-electron chi connectivity index (χ3n) is 5.19. The van der Waals surface area contributed by atoms with Gasteiger partial charge < -0.3 is 10.1 Å². The van der Waals surface area contributed by atoms with Crippen molar-refractivity contribution >= 4 is 27.3 Å². The molecule has 7 heteroatoms. The number of anilines is 2. The summed E-state index contributed by atoms with van der Waals surface area (Å²) in [5.74, 6) is 0.156. The van der Waals surface area contributed by atoms with Crippen molar-refractivity contribution in [2.24, 2.45) is 0 Å². The minimum absolute atomic E-state index is 0.106. The fourth-order valence-electron chi connectivity index (χ4n) is 3.51. The molecule has 0 aliphatic rings. The van der Waals surface area contributed by atoms with Crippen LogP contribution in [0.2, 0.25) is 0 Å². The normalized spacial score (nSPS) is 11.3. The zero-order valence-corrected chi connectivity index (χ0v) is 20.2. The number of carbonyl (C=O) groups excluding carboxylic acids is 1. The molecule has 0 radical (unpaired) electrons. The molecule has 6 nitrogen and oxygen atoms in total. The molecule has 3 aromatic rings. The van der Waals surface area contributed by atoms with Crippen LogP contribution in [0.1, 0.15) is 37.8 Å². The highest BCUT2D eigenvalue weighted by molar-refractivity contribution is 7.92. The van der Waals surface area contributed by atoms with E-state index < -0.39 is 22.5 Å². The first-order chi connectivity index (χ1) is 15.7. The maximum Gasteiger partial charge on any atom is 0.264 e. The molecule has 174 valence electrons. The molecule has 33 heavy (non-hydrogen) atoms. The van der Waals surface area contributed by atoms with Crippen LogP contribution < -0.4 is 14.4 Å². The first kappa shape index (κ1) is 24.3. The highest BCUT2D eigenvalue weighted by Gasteiger charge is 2.29. The standard InChI is InChI=1S/C26H30N2O4S/c1-5-32-25-13-9-8-12-24(25)28(33(30,31)21-16-14-20(4)15-17-21)18-26(29)27-23-11-7-6-10-22(23)19(2)3/h6-17,19H,5,18H2,1-4H3,(H,27,29). The summed E-state index contributed by atoms with van der Waals surface area (Å²) in [5, 5.41) is 2.89. The Labute approximate surface area is 196 Å². The van der Waals surface area contributed by atoms with Gasteiger partial charge in [-0.2, -0.15) is 0 Å². The van der Waals surface area contributed by atoms with Gasteiger partial charge in [0.15, 0.2) is 0 Å². The van der Waals surface area contributed by atoms with Crippen molar-refractivity contribution in [1.29, 1.82) is 0 Å². The van der Waals surface area contributed by atoms with Gasteiger partial charge in [-0.15, -0.1) is 0 Å². The van der Waals surface area contributed by atoms with Gasteiger partial charge in [0.1, 0.15) is 12.3 Å². The average molecular weight is 467 g/mol. The van der Waals surface area contributed by atoms with Crippen molar-refractivity contribution in [1.82, 2.24) is 0 Å². The SMILES string of the molecule is CCOc1ccccc1N(CC(=O)Nc1ccccc1C(C)C)S(=O)(=O)c1ccc(C)cc1. The fraction of sp³-hybridized carbons (Fsp3) is 0.269. The molecule has 0 unspecified atom stereocenters. The number of ether oxygens (including phenoxy) is 1. The van der Waals surface area contributed by atoms with Gasteiger partial charge in [0.25, 0.3) is 10.0 Å². The molecular formula is C26H30N2O4S. The number of nitrogens with zero attached hydrogens (tertiary/aromatic N) is 1. The number of hydrogen-bond acceptors (Lipinski definition) is 4. The summed E-state index contributed by atoms with van der Waals surface area (Å²) < 4.78 is 34.1. The lowest BCUT2D eigenvalue weighted by Crippen LogP contribution is -2.38. The molecule has 0 spiro atoms. The predicted molar refractivity (Wildman–Crippen MR) is 132 cm³/mol. The van der Waals surface area contributed by atoms with Gasteiger partial charge in [-0.3, -0.25) is 9.10 Å². The predicted octanol–water partition coefficient (Wildman–Crippen LogP) is 5.35. The van der Waals surface area contributed by atoms with Gasteiger partial charge in [-0.25, -0.2) is 8.42 Å². The molecule has 3 aromatic carbocycles. The Morgan fingerprint density at radius 2 is 1.61 bits per heavy atom. The number of para-hydroxylation sites is 3. The van der Waals surface area contributed by atoms with Crippen LogP contribution >= 0.6 is 0 Å². The molecule has 0 aromatic heterocycles. The second kappa shape index (κ2) is 10.5. The maximum absolute atomic E-state index is 13.7. The molecule has 0 aliphatic carbocycles. The molecule has 0 saturated carbocycles. The Morgan fingerprint density at radius 1 is 0.970 bits per heavy atom. The molecule has 0 aliphatic heterocycles. The van der Waals surface area contributed by atoms with E-state index in [2.05, 4.69) is 5.32 Å². The van der Waals surface area contributed by atoms with E-state index in [0.717, 1.165) is 15.4 Å². The van der Waals surface area contributed by atoms with Crippen LogP contribution in [-0.2, 0) is 14.8 Å². The molecule has 0 atom stereocenters. The van der Waals surface area contributed by atoms with Crippen molar-refractivity contribution in [3.63, 3.8) is 0 Å². The lowest BCUT2D eigenvalue weighted by Gasteiger charge is -2.26. The van der Waals surface area contributed by atoms with Gasteiger partial charge in [0.2, 0.25) is 5.91 Å². The Hall–Kier alpha value is -3.32. The second-order valence-corrected chi connectivity index (χ2v) is 9.88. The van der Waals surface area contributed by atoms with E-state index >= 15 is 0 Å². The van der Waals surface area contributed by atoms with Crippen LogP contribution in [0, 0.1) is 6.92 Å². The molecule has 1 amide bonds. The third kappa shape index (κ3) is 5.73. The molecule has 3 rings (SSSR count). The van der Waals surface area contributed by atoms with Crippen molar-refractivity contribution in [3.05, 3.63) is 83.9 Å². The first-order valence-corrected chi connectivity index (χ1v) is 12.4. The molecule has 1 N–H and O–H groups in total. The van der Waals surface area contributed by atoms with E-state index in [4.69, 9.17) is 4.74 Å². The van der Waals surface area contributed by atoms with Crippen LogP contribution in [0.5, 0.6) is 5.75 Å². The lowest BCUT2D eigenvalue weighted by molar-refractivity contribution is -0.114. The average Bonchev–Trinajstić information content (AvgIpc) is 2.79.